The van der Waals surface area contributed by atoms with E-state index in [9.17, 15) is 13.7 Å². The summed E-state index contributed by atoms with van der Waals surface area (Å²) in [5.41, 5.74) is 2.36. The van der Waals surface area contributed by atoms with Crippen LogP contribution in [0.3, 0.4) is 0 Å². The van der Waals surface area contributed by atoms with Gasteiger partial charge >= 0.3 is 0 Å². The van der Waals surface area contributed by atoms with Gasteiger partial charge in [0.1, 0.15) is 6.07 Å². The molecule has 0 bridgehead atoms. The van der Waals surface area contributed by atoms with Crippen molar-refractivity contribution < 1.29 is 13.2 Å². The highest BCUT2D eigenvalue weighted by atomic mass is 32.2. The molecule has 2 aromatic rings. The van der Waals surface area contributed by atoms with Crippen LogP contribution in [0.4, 0.5) is 0 Å². The second kappa shape index (κ2) is 7.36. The van der Waals surface area contributed by atoms with Gasteiger partial charge in [0.05, 0.1) is 23.2 Å². The number of nitrogens with zero attached hydrogens (tertiary/aromatic N) is 2. The van der Waals surface area contributed by atoms with Crippen LogP contribution in [0.2, 0.25) is 0 Å². The summed E-state index contributed by atoms with van der Waals surface area (Å²) in [5.74, 6) is 0. The molecule has 0 N–H and O–H groups in total. The summed E-state index contributed by atoms with van der Waals surface area (Å²) in [6, 6.07) is 16.3. The molecule has 0 aliphatic carbocycles. The lowest BCUT2D eigenvalue weighted by molar-refractivity contribution is -0.00256. The summed E-state index contributed by atoms with van der Waals surface area (Å²) >= 11 is 0. The van der Waals surface area contributed by atoms with Crippen molar-refractivity contribution in [1.82, 2.24) is 4.31 Å². The van der Waals surface area contributed by atoms with Crippen LogP contribution in [0.1, 0.15) is 29.7 Å². The maximum absolute atomic E-state index is 13.0. The Hall–Kier alpha value is -2.20. The Morgan fingerprint density at radius 3 is 2.60 bits per heavy atom. The van der Waals surface area contributed by atoms with Crippen molar-refractivity contribution in [3.8, 4) is 6.07 Å². The minimum absolute atomic E-state index is 0.0551. The Bertz CT molecular complexity index is 886. The quantitative estimate of drug-likeness (QED) is 0.844. The predicted molar refractivity (Wildman–Crippen MR) is 94.4 cm³/mol. The van der Waals surface area contributed by atoms with E-state index in [0.29, 0.717) is 6.61 Å². The first-order chi connectivity index (χ1) is 12.1. The number of benzene rings is 2. The lowest BCUT2D eigenvalue weighted by atomic mass is 10.1. The number of ether oxygens (including phenoxy) is 1. The molecule has 1 fully saturated rings. The number of nitriles is 1. The van der Waals surface area contributed by atoms with Gasteiger partial charge in [0, 0.05) is 13.1 Å². The van der Waals surface area contributed by atoms with E-state index >= 15 is 0 Å². The van der Waals surface area contributed by atoms with Crippen molar-refractivity contribution in [2.45, 2.75) is 24.3 Å². The third kappa shape index (κ3) is 3.59. The number of hydrogen-bond acceptors (Lipinski definition) is 4. The van der Waals surface area contributed by atoms with Gasteiger partial charge in [-0.15, -0.1) is 0 Å². The minimum Gasteiger partial charge on any atom is -0.371 e. The SMILES string of the molecule is CCc1ccc(C2CN(S(=O)(=O)c3ccccc3C#N)CCO2)cc1. The van der Waals surface area contributed by atoms with Gasteiger partial charge in [-0.2, -0.15) is 9.57 Å². The van der Waals surface area contributed by atoms with Gasteiger partial charge in [-0.25, -0.2) is 8.42 Å². The standard InChI is InChI=1S/C19H20N2O3S/c1-2-15-7-9-16(10-8-15)18-14-21(11-12-24-18)25(22,23)19-6-4-3-5-17(19)13-20/h3-10,18H,2,11-12,14H2,1H3. The third-order valence-electron chi connectivity index (χ3n) is 4.41. The molecule has 5 nitrogen and oxygen atoms in total. The van der Waals surface area contributed by atoms with Gasteiger partial charge in [-0.05, 0) is 29.7 Å². The van der Waals surface area contributed by atoms with Gasteiger partial charge in [0.2, 0.25) is 10.0 Å². The topological polar surface area (TPSA) is 70.4 Å². The molecule has 1 atom stereocenters. The number of sulfonamides is 1. The number of hydrogen-bond donors (Lipinski definition) is 0. The largest absolute Gasteiger partial charge is 0.371 e. The number of aryl methyl sites for hydroxylation is 1. The van der Waals surface area contributed by atoms with Gasteiger partial charge in [0.15, 0.2) is 0 Å². The van der Waals surface area contributed by atoms with E-state index in [1.54, 1.807) is 12.1 Å². The Kier molecular flexibility index (Phi) is 5.19. The maximum Gasteiger partial charge on any atom is 0.244 e. The van der Waals surface area contributed by atoms with Crippen LogP contribution < -0.4 is 0 Å². The molecule has 3 rings (SSSR count). The first kappa shape index (κ1) is 17.6. The summed E-state index contributed by atoms with van der Waals surface area (Å²) in [6.07, 6.45) is 0.653. The van der Waals surface area contributed by atoms with Crippen LogP contribution in [0.15, 0.2) is 53.4 Å². The molecule has 0 saturated carbocycles. The molecule has 2 aromatic carbocycles. The molecule has 1 aliphatic heterocycles. The summed E-state index contributed by atoms with van der Waals surface area (Å²) < 4.78 is 33.1. The Morgan fingerprint density at radius 2 is 1.92 bits per heavy atom. The van der Waals surface area contributed by atoms with Crippen LogP contribution >= 0.6 is 0 Å². The van der Waals surface area contributed by atoms with Crippen LogP contribution in [0.5, 0.6) is 0 Å². The summed E-state index contributed by atoms with van der Waals surface area (Å²) in [6.45, 7) is 2.94. The van der Waals surface area contributed by atoms with E-state index in [4.69, 9.17) is 4.74 Å². The molecule has 25 heavy (non-hydrogen) atoms. The summed E-state index contributed by atoms with van der Waals surface area (Å²) in [5, 5.41) is 9.20. The van der Waals surface area contributed by atoms with Crippen LogP contribution in [-0.4, -0.2) is 32.4 Å². The lowest BCUT2D eigenvalue weighted by Gasteiger charge is -2.32. The molecule has 1 heterocycles. The smallest absolute Gasteiger partial charge is 0.244 e. The average Bonchev–Trinajstić information content (AvgIpc) is 2.68. The highest BCUT2D eigenvalue weighted by molar-refractivity contribution is 7.89. The second-order valence-corrected chi connectivity index (χ2v) is 7.83. The first-order valence-corrected chi connectivity index (χ1v) is 9.70. The van der Waals surface area contributed by atoms with Crippen molar-refractivity contribution >= 4 is 10.0 Å². The Morgan fingerprint density at radius 1 is 1.20 bits per heavy atom. The number of morpholine rings is 1. The molecule has 1 saturated heterocycles. The minimum atomic E-state index is -3.73. The zero-order valence-electron chi connectivity index (χ0n) is 14.1. The maximum atomic E-state index is 13.0. The van der Waals surface area contributed by atoms with E-state index in [2.05, 4.69) is 6.92 Å². The average molecular weight is 356 g/mol. The fraction of sp³-hybridized carbons (Fsp3) is 0.316. The molecule has 130 valence electrons. The lowest BCUT2D eigenvalue weighted by Crippen LogP contribution is -2.42. The molecule has 0 radical (unpaired) electrons. The Balaban J connectivity index is 1.86. The fourth-order valence-electron chi connectivity index (χ4n) is 2.94. The Labute approximate surface area is 148 Å². The molecular formula is C19H20N2O3S. The van der Waals surface area contributed by atoms with Gasteiger partial charge in [-0.1, -0.05) is 43.3 Å². The molecular weight excluding hydrogens is 336 g/mol. The zero-order valence-corrected chi connectivity index (χ0v) is 14.9. The highest BCUT2D eigenvalue weighted by Gasteiger charge is 2.32. The van der Waals surface area contributed by atoms with Crippen molar-refractivity contribution in [3.63, 3.8) is 0 Å². The van der Waals surface area contributed by atoms with Gasteiger partial charge in [0.25, 0.3) is 0 Å². The van der Waals surface area contributed by atoms with Crippen molar-refractivity contribution in [1.29, 1.82) is 5.26 Å². The number of rotatable bonds is 4. The summed E-state index contributed by atoms with van der Waals surface area (Å²) in [7, 11) is -3.73. The zero-order chi connectivity index (χ0) is 17.9. The van der Waals surface area contributed by atoms with Crippen LogP contribution in [0.25, 0.3) is 0 Å². The van der Waals surface area contributed by atoms with E-state index in [-0.39, 0.29) is 29.7 Å². The molecule has 6 heteroatoms. The van der Waals surface area contributed by atoms with E-state index in [0.717, 1.165) is 12.0 Å². The van der Waals surface area contributed by atoms with Crippen LogP contribution in [-0.2, 0) is 21.2 Å². The van der Waals surface area contributed by atoms with Crippen molar-refractivity contribution in [2.75, 3.05) is 19.7 Å². The third-order valence-corrected chi connectivity index (χ3v) is 6.34. The summed E-state index contributed by atoms with van der Waals surface area (Å²) in [4.78, 5) is 0.0551. The van der Waals surface area contributed by atoms with Gasteiger partial charge in [-0.3, -0.25) is 0 Å². The van der Waals surface area contributed by atoms with Crippen molar-refractivity contribution in [2.24, 2.45) is 0 Å². The predicted octanol–water partition coefficient (Wildman–Crippen LogP) is 2.88. The van der Waals surface area contributed by atoms with Crippen LogP contribution in [0, 0.1) is 11.3 Å². The molecule has 0 amide bonds. The highest BCUT2D eigenvalue weighted by Crippen LogP contribution is 2.28. The fourth-order valence-corrected chi connectivity index (χ4v) is 4.50. The second-order valence-electron chi connectivity index (χ2n) is 5.93. The molecule has 0 spiro atoms. The van der Waals surface area contributed by atoms with Crippen molar-refractivity contribution in [3.05, 3.63) is 65.2 Å². The van der Waals surface area contributed by atoms with E-state index in [1.165, 1.54) is 22.0 Å². The van der Waals surface area contributed by atoms with E-state index < -0.39 is 10.0 Å². The first-order valence-electron chi connectivity index (χ1n) is 8.26. The van der Waals surface area contributed by atoms with E-state index in [1.807, 2.05) is 30.3 Å². The normalized spacial score (nSPS) is 18.6. The molecule has 1 unspecified atom stereocenters. The monoisotopic (exact) mass is 356 g/mol. The molecule has 0 aromatic heterocycles. The molecule has 1 aliphatic rings. The van der Waals surface area contributed by atoms with Gasteiger partial charge < -0.3 is 4.74 Å².